The molecule has 6 heteroatoms. The Morgan fingerprint density at radius 1 is 1.11 bits per heavy atom. The van der Waals surface area contributed by atoms with Crippen LogP contribution < -0.4 is 0 Å². The van der Waals surface area contributed by atoms with E-state index in [9.17, 15) is 9.90 Å². The van der Waals surface area contributed by atoms with Crippen molar-refractivity contribution in [3.63, 3.8) is 0 Å². The molecule has 2 heterocycles. The second-order valence-electron chi connectivity index (χ2n) is 6.50. The van der Waals surface area contributed by atoms with Crippen LogP contribution in [0.25, 0.3) is 11.3 Å². The molecule has 0 saturated carbocycles. The monoisotopic (exact) mass is 364 g/mol. The fourth-order valence-electron chi connectivity index (χ4n) is 3.05. The molecule has 0 saturated heterocycles. The molecule has 1 aromatic carbocycles. The van der Waals surface area contributed by atoms with E-state index in [1.54, 1.807) is 18.3 Å². The number of carboxylic acid groups (broad SMARTS) is 1. The first-order valence-corrected chi connectivity index (χ1v) is 9.32. The molecule has 0 aliphatic rings. The number of hydrogen-bond donors (Lipinski definition) is 1. The Kier molecular flexibility index (Phi) is 5.96. The molecule has 0 radical (unpaired) electrons. The van der Waals surface area contributed by atoms with E-state index >= 15 is 0 Å². The van der Waals surface area contributed by atoms with E-state index in [0.29, 0.717) is 12.1 Å². The predicted molar refractivity (Wildman–Crippen MR) is 104 cm³/mol. The summed E-state index contributed by atoms with van der Waals surface area (Å²) in [6.07, 6.45) is 5.24. The number of benzene rings is 1. The van der Waals surface area contributed by atoms with Gasteiger partial charge in [0.15, 0.2) is 5.82 Å². The molecule has 0 spiro atoms. The molecular formula is C21H24N4O2. The van der Waals surface area contributed by atoms with Crippen molar-refractivity contribution in [3.8, 4) is 11.3 Å². The van der Waals surface area contributed by atoms with Crippen LogP contribution in [0.2, 0.25) is 0 Å². The molecule has 3 rings (SSSR count). The molecular weight excluding hydrogens is 340 g/mol. The smallest absolute Gasteiger partial charge is 0.337 e. The van der Waals surface area contributed by atoms with Crippen molar-refractivity contribution in [2.45, 2.75) is 46.1 Å². The molecule has 3 aromatic rings. The topological polar surface area (TPSA) is 80.9 Å². The van der Waals surface area contributed by atoms with Gasteiger partial charge in [0.25, 0.3) is 0 Å². The number of aromatic carboxylic acids is 1. The number of carboxylic acids is 1. The van der Waals surface area contributed by atoms with Crippen molar-refractivity contribution in [1.29, 1.82) is 0 Å². The lowest BCUT2D eigenvalue weighted by molar-refractivity contribution is 0.0697. The predicted octanol–water partition coefficient (Wildman–Crippen LogP) is 3.99. The Labute approximate surface area is 158 Å². The Morgan fingerprint density at radius 2 is 1.89 bits per heavy atom. The summed E-state index contributed by atoms with van der Waals surface area (Å²) in [4.78, 5) is 20.3. The number of aryl methyl sites for hydroxylation is 2. The largest absolute Gasteiger partial charge is 0.478 e. The Balaban J connectivity index is 1.84. The first-order chi connectivity index (χ1) is 13.1. The van der Waals surface area contributed by atoms with E-state index in [4.69, 9.17) is 4.98 Å². The van der Waals surface area contributed by atoms with Gasteiger partial charge in [0, 0.05) is 31.1 Å². The molecule has 2 aromatic heterocycles. The van der Waals surface area contributed by atoms with Crippen molar-refractivity contribution in [2.75, 3.05) is 0 Å². The maximum Gasteiger partial charge on any atom is 0.337 e. The van der Waals surface area contributed by atoms with Crippen molar-refractivity contribution in [3.05, 3.63) is 65.4 Å². The average Bonchev–Trinajstić information content (AvgIpc) is 3.04. The zero-order valence-electron chi connectivity index (χ0n) is 15.7. The van der Waals surface area contributed by atoms with Gasteiger partial charge in [-0.1, -0.05) is 38.1 Å². The number of carbonyl (C=O) groups is 1. The van der Waals surface area contributed by atoms with Gasteiger partial charge in [-0.2, -0.15) is 5.10 Å². The fraction of sp³-hybridized carbons (Fsp3) is 0.333. The molecule has 27 heavy (non-hydrogen) atoms. The number of pyridine rings is 1. The summed E-state index contributed by atoms with van der Waals surface area (Å²) in [5.74, 6) is 0.896. The summed E-state index contributed by atoms with van der Waals surface area (Å²) in [6, 6.07) is 11.0. The van der Waals surface area contributed by atoms with Crippen LogP contribution in [0.4, 0.5) is 0 Å². The van der Waals surface area contributed by atoms with Crippen LogP contribution in [-0.2, 0) is 19.4 Å². The van der Waals surface area contributed by atoms with Gasteiger partial charge in [0.1, 0.15) is 5.82 Å². The maximum absolute atomic E-state index is 11.4. The van der Waals surface area contributed by atoms with E-state index in [1.807, 2.05) is 28.9 Å². The standard InChI is InChI=1S/C21H24N4O2/c1-3-6-18-23-19(25(24-18)13-4-2)14-15-8-10-16(11-9-15)20-17(21(26)27)7-5-12-22-20/h5,7-12H,3-4,6,13-14H2,1-2H3,(H,26,27). The van der Waals surface area contributed by atoms with Crippen LogP contribution >= 0.6 is 0 Å². The van der Waals surface area contributed by atoms with Gasteiger partial charge in [-0.15, -0.1) is 0 Å². The van der Waals surface area contributed by atoms with Crippen molar-refractivity contribution in [2.24, 2.45) is 0 Å². The highest BCUT2D eigenvalue weighted by Crippen LogP contribution is 2.22. The minimum Gasteiger partial charge on any atom is -0.478 e. The van der Waals surface area contributed by atoms with E-state index in [-0.39, 0.29) is 5.56 Å². The highest BCUT2D eigenvalue weighted by atomic mass is 16.4. The lowest BCUT2D eigenvalue weighted by atomic mass is 10.0. The minimum atomic E-state index is -0.974. The lowest BCUT2D eigenvalue weighted by Gasteiger charge is -2.07. The summed E-state index contributed by atoms with van der Waals surface area (Å²) in [6.45, 7) is 5.12. The zero-order chi connectivity index (χ0) is 19.2. The summed E-state index contributed by atoms with van der Waals surface area (Å²) >= 11 is 0. The summed E-state index contributed by atoms with van der Waals surface area (Å²) in [5.41, 5.74) is 2.59. The normalized spacial score (nSPS) is 10.9. The number of hydrogen-bond acceptors (Lipinski definition) is 4. The quantitative estimate of drug-likeness (QED) is 0.653. The molecule has 0 atom stereocenters. The Bertz CT molecular complexity index is 916. The first-order valence-electron chi connectivity index (χ1n) is 9.32. The van der Waals surface area contributed by atoms with E-state index < -0.39 is 5.97 Å². The number of rotatable bonds is 8. The fourth-order valence-corrected chi connectivity index (χ4v) is 3.05. The SMILES string of the molecule is CCCc1nc(Cc2ccc(-c3ncccc3C(=O)O)cc2)n(CCC)n1. The number of aromatic nitrogens is 4. The van der Waals surface area contributed by atoms with Crippen molar-refractivity contribution < 1.29 is 9.90 Å². The molecule has 0 fully saturated rings. The summed E-state index contributed by atoms with van der Waals surface area (Å²) in [5, 5.41) is 14.0. The van der Waals surface area contributed by atoms with E-state index in [2.05, 4.69) is 23.9 Å². The molecule has 0 aliphatic heterocycles. The number of nitrogens with zero attached hydrogens (tertiary/aromatic N) is 4. The third-order valence-corrected chi connectivity index (χ3v) is 4.33. The van der Waals surface area contributed by atoms with Gasteiger partial charge in [-0.3, -0.25) is 4.98 Å². The van der Waals surface area contributed by atoms with Crippen molar-refractivity contribution >= 4 is 5.97 Å². The Hall–Kier alpha value is -3.02. The van der Waals surface area contributed by atoms with Crippen molar-refractivity contribution in [1.82, 2.24) is 19.7 Å². The van der Waals surface area contributed by atoms with Gasteiger partial charge >= 0.3 is 5.97 Å². The molecule has 0 unspecified atom stereocenters. The van der Waals surface area contributed by atoms with Crippen LogP contribution in [0, 0.1) is 0 Å². The van der Waals surface area contributed by atoms with E-state index in [1.165, 1.54) is 0 Å². The highest BCUT2D eigenvalue weighted by Gasteiger charge is 2.13. The molecule has 0 amide bonds. The lowest BCUT2D eigenvalue weighted by Crippen LogP contribution is -2.06. The minimum absolute atomic E-state index is 0.206. The Morgan fingerprint density at radius 3 is 2.56 bits per heavy atom. The second kappa shape index (κ2) is 8.58. The highest BCUT2D eigenvalue weighted by molar-refractivity contribution is 5.94. The third-order valence-electron chi connectivity index (χ3n) is 4.33. The van der Waals surface area contributed by atoms with Gasteiger partial charge in [0.2, 0.25) is 0 Å². The second-order valence-corrected chi connectivity index (χ2v) is 6.50. The molecule has 6 nitrogen and oxygen atoms in total. The van der Waals surface area contributed by atoms with E-state index in [0.717, 1.165) is 48.6 Å². The van der Waals surface area contributed by atoms with Gasteiger partial charge in [0.05, 0.1) is 11.3 Å². The molecule has 1 N–H and O–H groups in total. The summed E-state index contributed by atoms with van der Waals surface area (Å²) < 4.78 is 2.00. The maximum atomic E-state index is 11.4. The third kappa shape index (κ3) is 4.39. The average molecular weight is 364 g/mol. The van der Waals surface area contributed by atoms with Crippen LogP contribution in [0.15, 0.2) is 42.6 Å². The molecule has 0 bridgehead atoms. The van der Waals surface area contributed by atoms with Gasteiger partial charge < -0.3 is 5.11 Å². The van der Waals surface area contributed by atoms with Crippen LogP contribution in [0.1, 0.15) is 54.3 Å². The summed E-state index contributed by atoms with van der Waals surface area (Å²) in [7, 11) is 0. The first kappa shape index (κ1) is 18.8. The van der Waals surface area contributed by atoms with Crippen LogP contribution in [0.5, 0.6) is 0 Å². The van der Waals surface area contributed by atoms with Gasteiger partial charge in [-0.05, 0) is 30.5 Å². The van der Waals surface area contributed by atoms with Gasteiger partial charge in [-0.25, -0.2) is 14.5 Å². The van der Waals surface area contributed by atoms with Crippen LogP contribution in [0.3, 0.4) is 0 Å². The molecule has 0 aliphatic carbocycles. The molecule has 140 valence electrons. The zero-order valence-corrected chi connectivity index (χ0v) is 15.7. The van der Waals surface area contributed by atoms with Crippen LogP contribution in [-0.4, -0.2) is 30.8 Å².